The van der Waals surface area contributed by atoms with Crippen molar-refractivity contribution < 1.29 is 14.3 Å². The number of allylic oxidation sites excluding steroid dienone is 1. The van der Waals surface area contributed by atoms with Crippen molar-refractivity contribution in [3.8, 4) is 0 Å². The highest BCUT2D eigenvalue weighted by atomic mass is 16.5. The van der Waals surface area contributed by atoms with Gasteiger partial charge >= 0.3 is 5.97 Å². The van der Waals surface area contributed by atoms with E-state index in [1.165, 1.54) is 0 Å². The van der Waals surface area contributed by atoms with E-state index in [0.29, 0.717) is 5.76 Å². The fourth-order valence-corrected chi connectivity index (χ4v) is 3.09. The Morgan fingerprint density at radius 1 is 0.955 bits per heavy atom. The third-order valence-corrected chi connectivity index (χ3v) is 4.10. The van der Waals surface area contributed by atoms with Gasteiger partial charge in [0.25, 0.3) is 0 Å². The summed E-state index contributed by atoms with van der Waals surface area (Å²) in [6.07, 6.45) is 1.44. The normalized spacial score (nSPS) is 20.2. The maximum Gasteiger partial charge on any atom is 0.329 e. The molecule has 3 heteroatoms. The second kappa shape index (κ2) is 5.78. The Bertz CT molecular complexity index is 650. The Labute approximate surface area is 130 Å². The summed E-state index contributed by atoms with van der Waals surface area (Å²) in [5.41, 5.74) is 0.736. The second-order valence-corrected chi connectivity index (χ2v) is 5.36. The lowest BCUT2D eigenvalue weighted by Crippen LogP contribution is -2.51. The Morgan fingerprint density at radius 3 is 1.91 bits per heavy atom. The Balaban J connectivity index is 2.30. The second-order valence-electron chi connectivity index (χ2n) is 5.36. The van der Waals surface area contributed by atoms with Gasteiger partial charge in [0.2, 0.25) is 0 Å². The molecule has 2 aromatic carbocycles. The highest BCUT2D eigenvalue weighted by Gasteiger charge is 2.52. The lowest BCUT2D eigenvalue weighted by molar-refractivity contribution is -0.151. The minimum absolute atomic E-state index is 0.309. The molecule has 1 aliphatic heterocycles. The number of hydrogen-bond acceptors (Lipinski definition) is 3. The number of carbonyl (C=O) groups is 1. The zero-order chi connectivity index (χ0) is 15.6. The molecule has 0 radical (unpaired) electrons. The molecule has 0 aromatic heterocycles. The fourth-order valence-electron chi connectivity index (χ4n) is 3.09. The monoisotopic (exact) mass is 294 g/mol. The fraction of sp³-hybridized carbons (Fsp3) is 0.211. The number of cyclic esters (lactones) is 1. The topological polar surface area (TPSA) is 35.5 Å². The summed E-state index contributed by atoms with van der Waals surface area (Å²) in [6.45, 7) is 1.77. The molecule has 3 rings (SSSR count). The summed E-state index contributed by atoms with van der Waals surface area (Å²) in [7, 11) is 1.62. The molecule has 0 fully saturated rings. The highest BCUT2D eigenvalue weighted by molar-refractivity contribution is 5.90. The van der Waals surface area contributed by atoms with E-state index < -0.39 is 11.5 Å². The van der Waals surface area contributed by atoms with Gasteiger partial charge in [0.15, 0.2) is 0 Å². The van der Waals surface area contributed by atoms with E-state index in [4.69, 9.17) is 9.47 Å². The van der Waals surface area contributed by atoms with Gasteiger partial charge in [-0.15, -0.1) is 0 Å². The van der Waals surface area contributed by atoms with Crippen LogP contribution in [0.15, 0.2) is 72.5 Å². The van der Waals surface area contributed by atoms with Crippen LogP contribution in [0.4, 0.5) is 0 Å². The van der Waals surface area contributed by atoms with Gasteiger partial charge in [-0.05, 0) is 24.1 Å². The third kappa shape index (κ3) is 2.14. The summed E-state index contributed by atoms with van der Waals surface area (Å²) >= 11 is 0. The predicted molar refractivity (Wildman–Crippen MR) is 84.3 cm³/mol. The first-order chi connectivity index (χ1) is 10.7. The number of hydrogen-bond donors (Lipinski definition) is 0. The van der Waals surface area contributed by atoms with Gasteiger partial charge in [0.05, 0.1) is 0 Å². The van der Waals surface area contributed by atoms with Crippen LogP contribution in [0.1, 0.15) is 18.1 Å². The van der Waals surface area contributed by atoms with Gasteiger partial charge in [-0.3, -0.25) is 4.79 Å². The first-order valence-corrected chi connectivity index (χ1v) is 7.24. The smallest absolute Gasteiger partial charge is 0.329 e. The van der Waals surface area contributed by atoms with E-state index in [1.54, 1.807) is 14.0 Å². The summed E-state index contributed by atoms with van der Waals surface area (Å²) in [5.74, 6) is 0.260. The van der Waals surface area contributed by atoms with Gasteiger partial charge in [-0.25, -0.2) is 0 Å². The van der Waals surface area contributed by atoms with Crippen molar-refractivity contribution in [1.82, 2.24) is 0 Å². The molecule has 0 bridgehead atoms. The van der Waals surface area contributed by atoms with Crippen LogP contribution in [0.3, 0.4) is 0 Å². The van der Waals surface area contributed by atoms with E-state index in [2.05, 4.69) is 0 Å². The summed E-state index contributed by atoms with van der Waals surface area (Å²) < 4.78 is 11.2. The van der Waals surface area contributed by atoms with Gasteiger partial charge in [0, 0.05) is 7.11 Å². The average molecular weight is 294 g/mol. The van der Waals surface area contributed by atoms with Gasteiger partial charge < -0.3 is 9.47 Å². The minimum Gasteiger partial charge on any atom is -0.431 e. The maximum atomic E-state index is 13.0. The molecule has 0 saturated heterocycles. The number of ether oxygens (including phenoxy) is 2. The molecule has 0 N–H and O–H groups in total. The molecular formula is C19H18O3. The van der Waals surface area contributed by atoms with Gasteiger partial charge in [-0.1, -0.05) is 60.7 Å². The minimum atomic E-state index is -0.989. The van der Waals surface area contributed by atoms with Crippen LogP contribution in [-0.4, -0.2) is 19.2 Å². The lowest BCUT2D eigenvalue weighted by atomic mass is 9.69. The van der Waals surface area contributed by atoms with E-state index >= 15 is 0 Å². The third-order valence-electron chi connectivity index (χ3n) is 4.10. The summed E-state index contributed by atoms with van der Waals surface area (Å²) in [6, 6.07) is 19.3. The van der Waals surface area contributed by atoms with Gasteiger partial charge in [-0.2, -0.15) is 0 Å². The molecule has 1 aliphatic rings. The molecule has 3 nitrogen and oxygen atoms in total. The molecule has 22 heavy (non-hydrogen) atoms. The SMILES string of the molecule is COC1C=C(C)OC(=O)C1(c1ccccc1)c1ccccc1. The number of carbonyl (C=O) groups excluding carboxylic acids is 1. The standard InChI is InChI=1S/C19H18O3/c1-14-13-17(21-2)19(18(20)22-14,15-9-5-3-6-10-15)16-11-7-4-8-12-16/h3-13,17H,1-2H3. The van der Waals surface area contributed by atoms with Crippen LogP contribution in [-0.2, 0) is 19.7 Å². The molecule has 1 unspecified atom stereocenters. The molecular weight excluding hydrogens is 276 g/mol. The predicted octanol–water partition coefficient (Wildman–Crippen LogP) is 3.45. The lowest BCUT2D eigenvalue weighted by Gasteiger charge is -2.40. The van der Waals surface area contributed by atoms with E-state index in [0.717, 1.165) is 11.1 Å². The number of benzene rings is 2. The Kier molecular flexibility index (Phi) is 3.82. The van der Waals surface area contributed by atoms with Gasteiger partial charge in [0.1, 0.15) is 17.3 Å². The number of rotatable bonds is 3. The zero-order valence-electron chi connectivity index (χ0n) is 12.7. The molecule has 2 aromatic rings. The van der Waals surface area contributed by atoms with Crippen LogP contribution in [0.5, 0.6) is 0 Å². The largest absolute Gasteiger partial charge is 0.431 e. The van der Waals surface area contributed by atoms with Crippen LogP contribution >= 0.6 is 0 Å². The van der Waals surface area contributed by atoms with Crippen molar-refractivity contribution in [2.24, 2.45) is 0 Å². The summed E-state index contributed by atoms with van der Waals surface area (Å²) in [4.78, 5) is 13.0. The average Bonchev–Trinajstić information content (AvgIpc) is 2.56. The highest BCUT2D eigenvalue weighted by Crippen LogP contribution is 2.42. The van der Waals surface area contributed by atoms with Crippen LogP contribution in [0.2, 0.25) is 0 Å². The number of esters is 1. The van der Waals surface area contributed by atoms with E-state index in [-0.39, 0.29) is 5.97 Å². The van der Waals surface area contributed by atoms with Crippen molar-refractivity contribution in [1.29, 1.82) is 0 Å². The molecule has 1 heterocycles. The molecule has 112 valence electrons. The van der Waals surface area contributed by atoms with E-state index in [1.807, 2.05) is 66.7 Å². The van der Waals surface area contributed by atoms with Crippen molar-refractivity contribution in [2.75, 3.05) is 7.11 Å². The maximum absolute atomic E-state index is 13.0. The molecule has 0 amide bonds. The van der Waals surface area contributed by atoms with Crippen molar-refractivity contribution >= 4 is 5.97 Å². The van der Waals surface area contributed by atoms with E-state index in [9.17, 15) is 4.79 Å². The Morgan fingerprint density at radius 2 is 1.45 bits per heavy atom. The zero-order valence-corrected chi connectivity index (χ0v) is 12.7. The van der Waals surface area contributed by atoms with Crippen molar-refractivity contribution in [2.45, 2.75) is 18.4 Å². The first-order valence-electron chi connectivity index (χ1n) is 7.24. The first kappa shape index (κ1) is 14.5. The molecule has 1 atom stereocenters. The molecule has 0 spiro atoms. The quantitative estimate of drug-likeness (QED) is 0.813. The molecule has 0 aliphatic carbocycles. The number of methoxy groups -OCH3 is 1. The molecule has 0 saturated carbocycles. The van der Waals surface area contributed by atoms with Crippen LogP contribution < -0.4 is 0 Å². The Hall–Kier alpha value is -2.39. The van der Waals surface area contributed by atoms with Crippen LogP contribution in [0.25, 0.3) is 0 Å². The van der Waals surface area contributed by atoms with Crippen LogP contribution in [0, 0.1) is 0 Å². The van der Waals surface area contributed by atoms with Crippen molar-refractivity contribution in [3.05, 3.63) is 83.6 Å². The summed E-state index contributed by atoms with van der Waals surface area (Å²) in [5, 5.41) is 0. The van der Waals surface area contributed by atoms with Crippen molar-refractivity contribution in [3.63, 3.8) is 0 Å².